The predicted molar refractivity (Wildman–Crippen MR) is 171 cm³/mol. The van der Waals surface area contributed by atoms with Crippen molar-refractivity contribution in [1.82, 2.24) is 19.9 Å². The first kappa shape index (κ1) is 30.8. The fourth-order valence-corrected chi connectivity index (χ4v) is 7.11. The average Bonchev–Trinajstić information content (AvgIpc) is 3.71. The van der Waals surface area contributed by atoms with Gasteiger partial charge in [0.1, 0.15) is 17.8 Å². The molecule has 43 heavy (non-hydrogen) atoms. The van der Waals surface area contributed by atoms with E-state index < -0.39 is 0 Å². The molecule has 0 bridgehead atoms. The number of rotatable bonds is 9. The smallest absolute Gasteiger partial charge is 0.256 e. The van der Waals surface area contributed by atoms with E-state index in [1.165, 1.54) is 19.3 Å². The summed E-state index contributed by atoms with van der Waals surface area (Å²) in [5.74, 6) is -0.202. The zero-order chi connectivity index (χ0) is 30.8. The predicted octanol–water partition coefficient (Wildman–Crippen LogP) is 5.64. The number of likely N-dealkylation sites (N-methyl/N-ethyl adjacent to an activating group) is 1. The lowest BCUT2D eigenvalue weighted by Gasteiger charge is -2.45. The van der Waals surface area contributed by atoms with Crippen LogP contribution in [0.25, 0.3) is 5.57 Å². The molecule has 1 saturated carbocycles. The van der Waals surface area contributed by atoms with Crippen LogP contribution >= 0.6 is 0 Å². The lowest BCUT2D eigenvalue weighted by atomic mass is 10.00. The number of likely N-dealkylation sites (tertiary alicyclic amines) is 1. The second kappa shape index (κ2) is 12.5. The van der Waals surface area contributed by atoms with Crippen LogP contribution in [0.1, 0.15) is 77.6 Å². The highest BCUT2D eigenvalue weighted by molar-refractivity contribution is 6.04. The number of allylic oxidation sites excluding steroid dienone is 3. The van der Waals surface area contributed by atoms with Crippen LogP contribution in [0.15, 0.2) is 60.4 Å². The van der Waals surface area contributed by atoms with Gasteiger partial charge in [0.15, 0.2) is 0 Å². The summed E-state index contributed by atoms with van der Waals surface area (Å²) in [5.41, 5.74) is 5.80. The van der Waals surface area contributed by atoms with Crippen molar-refractivity contribution in [3.05, 3.63) is 71.7 Å². The molecule has 3 unspecified atom stereocenters. The minimum atomic E-state index is -0.161. The lowest BCUT2D eigenvalue weighted by molar-refractivity contribution is -0.908. The number of anilines is 2. The second-order valence-corrected chi connectivity index (χ2v) is 12.5. The third-order valence-electron chi connectivity index (χ3n) is 9.94. The Morgan fingerprint density at radius 2 is 1.91 bits per heavy atom. The molecule has 1 saturated heterocycles. The van der Waals surface area contributed by atoms with Gasteiger partial charge in [0.05, 0.1) is 54.3 Å². The van der Waals surface area contributed by atoms with Gasteiger partial charge >= 0.3 is 0 Å². The van der Waals surface area contributed by atoms with Crippen molar-refractivity contribution in [2.24, 2.45) is 0 Å². The number of pyridine rings is 1. The van der Waals surface area contributed by atoms with Crippen LogP contribution < -0.4 is 10.6 Å². The number of amides is 2. The standard InChI is InChI=1S/C34H45N7O2/c1-7-28-11-10-26(30-21-35-15-16-36-30)18-23(3)41(28,6)31(8-2)24(4)33(43)39-29-19-27(20-37-25(29)5)38-32(42)22-40-17-9-12-34(40)13-14-34/h10-11,15-16,18-21,23,28H,7-9,12-14,17,22H2,1-6H3,(H-,38,39,42,43)/p+1/b31-24+. The maximum atomic E-state index is 13.8. The number of hydrogen-bond donors (Lipinski definition) is 2. The summed E-state index contributed by atoms with van der Waals surface area (Å²) in [4.78, 5) is 42.3. The first-order chi connectivity index (χ1) is 20.6. The van der Waals surface area contributed by atoms with E-state index >= 15 is 0 Å². The zero-order valence-electron chi connectivity index (χ0n) is 26.5. The molecule has 4 heterocycles. The highest BCUT2D eigenvalue weighted by Gasteiger charge is 2.50. The monoisotopic (exact) mass is 584 g/mol. The summed E-state index contributed by atoms with van der Waals surface area (Å²) < 4.78 is 0.595. The van der Waals surface area contributed by atoms with Gasteiger partial charge in [0.2, 0.25) is 5.91 Å². The van der Waals surface area contributed by atoms with E-state index in [-0.39, 0.29) is 29.4 Å². The number of nitrogens with zero attached hydrogens (tertiary/aromatic N) is 5. The largest absolute Gasteiger partial charge is 0.324 e. The number of aromatic nitrogens is 3. The van der Waals surface area contributed by atoms with Crippen LogP contribution in [0.4, 0.5) is 11.4 Å². The summed E-state index contributed by atoms with van der Waals surface area (Å²) >= 11 is 0. The molecule has 2 fully saturated rings. The number of carbonyl (C=O) groups excluding carboxylic acids is 2. The Kier molecular flexibility index (Phi) is 8.94. The number of quaternary nitrogens is 1. The molecule has 1 aliphatic carbocycles. The summed E-state index contributed by atoms with van der Waals surface area (Å²) in [5, 5.41) is 6.11. The molecule has 3 atom stereocenters. The molecule has 9 nitrogen and oxygen atoms in total. The topological polar surface area (TPSA) is 100 Å². The molecule has 228 valence electrons. The van der Waals surface area contributed by atoms with Crippen LogP contribution in [0.5, 0.6) is 0 Å². The van der Waals surface area contributed by atoms with Gasteiger partial charge in [-0.25, -0.2) is 0 Å². The van der Waals surface area contributed by atoms with Gasteiger partial charge in [-0.3, -0.25) is 33.9 Å². The van der Waals surface area contributed by atoms with Gasteiger partial charge in [-0.15, -0.1) is 0 Å². The SMILES string of the molecule is CC/C(=C(/C)C(=O)Nc1cc(NC(=O)CN2CCCC23CC3)cnc1C)[N+]1(C)C(C)C=C(c2cnccn2)C=CC1CC. The van der Waals surface area contributed by atoms with E-state index in [0.717, 1.165) is 42.8 Å². The van der Waals surface area contributed by atoms with Gasteiger partial charge in [-0.1, -0.05) is 19.9 Å². The number of carbonyl (C=O) groups is 2. The van der Waals surface area contributed by atoms with Gasteiger partial charge in [0.25, 0.3) is 5.91 Å². The molecule has 2 aliphatic heterocycles. The van der Waals surface area contributed by atoms with E-state index in [1.807, 2.05) is 19.9 Å². The Morgan fingerprint density at radius 1 is 1.12 bits per heavy atom. The maximum absolute atomic E-state index is 13.8. The molecule has 2 aromatic heterocycles. The average molecular weight is 585 g/mol. The Hall–Kier alpha value is -3.69. The van der Waals surface area contributed by atoms with Crippen molar-refractivity contribution in [3.63, 3.8) is 0 Å². The summed E-state index contributed by atoms with van der Waals surface area (Å²) in [6, 6.07) is 2.07. The second-order valence-electron chi connectivity index (χ2n) is 12.5. The summed E-state index contributed by atoms with van der Waals surface area (Å²) in [6.07, 6.45) is 19.9. The zero-order valence-corrected chi connectivity index (χ0v) is 26.5. The van der Waals surface area contributed by atoms with E-state index in [4.69, 9.17) is 0 Å². The number of aryl methyl sites for hydroxylation is 1. The van der Waals surface area contributed by atoms with E-state index in [2.05, 4.69) is 76.5 Å². The highest BCUT2D eigenvalue weighted by Crippen LogP contribution is 2.49. The number of nitrogens with one attached hydrogen (secondary N) is 2. The molecule has 5 rings (SSSR count). The summed E-state index contributed by atoms with van der Waals surface area (Å²) in [6.45, 7) is 11.7. The van der Waals surface area contributed by atoms with Crippen LogP contribution in [-0.2, 0) is 9.59 Å². The minimum absolute atomic E-state index is 0.0411. The molecule has 2 N–H and O–H groups in total. The van der Waals surface area contributed by atoms with E-state index in [0.29, 0.717) is 33.7 Å². The van der Waals surface area contributed by atoms with Crippen molar-refractivity contribution in [1.29, 1.82) is 0 Å². The third-order valence-corrected chi connectivity index (χ3v) is 9.94. The van der Waals surface area contributed by atoms with E-state index in [9.17, 15) is 9.59 Å². The molecule has 2 aromatic rings. The van der Waals surface area contributed by atoms with Gasteiger partial charge in [-0.05, 0) is 71.2 Å². The molecule has 1 spiro atoms. The van der Waals surface area contributed by atoms with E-state index in [1.54, 1.807) is 24.8 Å². The van der Waals surface area contributed by atoms with Crippen molar-refractivity contribution in [2.45, 2.75) is 90.8 Å². The van der Waals surface area contributed by atoms with Gasteiger partial charge < -0.3 is 10.6 Å². The van der Waals surface area contributed by atoms with Gasteiger partial charge in [0, 0.05) is 36.3 Å². The molecule has 2 amide bonds. The first-order valence-electron chi connectivity index (χ1n) is 15.7. The lowest BCUT2D eigenvalue weighted by Crippen LogP contribution is -2.55. The Bertz CT molecular complexity index is 1460. The minimum Gasteiger partial charge on any atom is -0.324 e. The first-order valence-corrected chi connectivity index (χ1v) is 15.7. The molecular weight excluding hydrogens is 538 g/mol. The fraction of sp³-hybridized carbons (Fsp3) is 0.500. The quantitative estimate of drug-likeness (QED) is 0.293. The van der Waals surface area contributed by atoms with Crippen molar-refractivity contribution in [3.8, 4) is 0 Å². The normalized spacial score (nSPS) is 25.1. The van der Waals surface area contributed by atoms with Crippen molar-refractivity contribution in [2.75, 3.05) is 30.8 Å². The molecule has 0 radical (unpaired) electrons. The molecule has 0 aromatic carbocycles. The molecule has 9 heteroatoms. The summed E-state index contributed by atoms with van der Waals surface area (Å²) in [7, 11) is 2.23. The number of hydrogen-bond acceptors (Lipinski definition) is 6. The van der Waals surface area contributed by atoms with Crippen LogP contribution in [0.3, 0.4) is 0 Å². The molecular formula is C34H46N7O2+. The Labute approximate surface area is 255 Å². The molecule has 3 aliphatic rings. The highest BCUT2D eigenvalue weighted by atomic mass is 16.2. The Balaban J connectivity index is 1.36. The fourth-order valence-electron chi connectivity index (χ4n) is 7.11. The van der Waals surface area contributed by atoms with Crippen LogP contribution in [0.2, 0.25) is 0 Å². The van der Waals surface area contributed by atoms with Crippen molar-refractivity contribution >= 4 is 28.8 Å². The van der Waals surface area contributed by atoms with Crippen molar-refractivity contribution < 1.29 is 14.1 Å². The van der Waals surface area contributed by atoms with Crippen LogP contribution in [0, 0.1) is 6.92 Å². The van der Waals surface area contributed by atoms with Gasteiger partial charge in [-0.2, -0.15) is 0 Å². The third kappa shape index (κ3) is 6.19. The maximum Gasteiger partial charge on any atom is 0.256 e. The Morgan fingerprint density at radius 3 is 2.58 bits per heavy atom. The van der Waals surface area contributed by atoms with Crippen LogP contribution in [-0.4, -0.2) is 73.9 Å².